The Morgan fingerprint density at radius 1 is 1.38 bits per heavy atom. The molecule has 0 radical (unpaired) electrons. The number of aryl methyl sites for hydroxylation is 1. The Labute approximate surface area is 76.2 Å². The van der Waals surface area contributed by atoms with Crippen molar-refractivity contribution in [1.29, 1.82) is 0 Å². The van der Waals surface area contributed by atoms with E-state index in [2.05, 4.69) is 0 Å². The highest BCUT2D eigenvalue weighted by atomic mass is 16.3. The van der Waals surface area contributed by atoms with E-state index >= 15 is 0 Å². The first-order chi connectivity index (χ1) is 6.06. The van der Waals surface area contributed by atoms with Crippen LogP contribution in [0.4, 0.5) is 0 Å². The van der Waals surface area contributed by atoms with Gasteiger partial charge in [0.15, 0.2) is 0 Å². The maximum Gasteiger partial charge on any atom is 0.124 e. The first kappa shape index (κ1) is 9.83. The predicted octanol–water partition coefficient (Wildman–Crippen LogP) is 0.398. The van der Waals surface area contributed by atoms with E-state index in [1.54, 1.807) is 6.92 Å². The van der Waals surface area contributed by atoms with Crippen molar-refractivity contribution in [3.63, 3.8) is 0 Å². The minimum absolute atomic E-state index is 0.0103. The number of aromatic hydroxyl groups is 2. The average molecular weight is 183 g/mol. The lowest BCUT2D eigenvalue weighted by atomic mass is 10.0. The molecule has 0 fully saturated rings. The van der Waals surface area contributed by atoms with Crippen LogP contribution in [0.15, 0.2) is 12.1 Å². The van der Waals surface area contributed by atoms with Crippen molar-refractivity contribution >= 4 is 0 Å². The summed E-state index contributed by atoms with van der Waals surface area (Å²) >= 11 is 0. The quantitative estimate of drug-likeness (QED) is 0.534. The third-order valence-corrected chi connectivity index (χ3v) is 1.92. The number of aliphatic hydroxyl groups is 1. The molecule has 1 atom stereocenters. The smallest absolute Gasteiger partial charge is 0.124 e. The molecule has 0 saturated heterocycles. The fourth-order valence-electron chi connectivity index (χ4n) is 1.33. The topological polar surface area (TPSA) is 86.7 Å². The molecule has 0 aliphatic rings. The summed E-state index contributed by atoms with van der Waals surface area (Å²) < 4.78 is 0. The van der Waals surface area contributed by atoms with Crippen LogP contribution in [0.2, 0.25) is 0 Å². The van der Waals surface area contributed by atoms with Crippen LogP contribution in [0.25, 0.3) is 0 Å². The summed E-state index contributed by atoms with van der Waals surface area (Å²) in [6, 6.07) is 2.09. The molecule has 0 amide bonds. The van der Waals surface area contributed by atoms with Crippen LogP contribution in [0.3, 0.4) is 0 Å². The molecule has 1 aromatic carbocycles. The Bertz CT molecular complexity index is 289. The summed E-state index contributed by atoms with van der Waals surface area (Å²) in [5.41, 5.74) is 6.69. The molecular formula is C9H13NO3. The van der Waals surface area contributed by atoms with Gasteiger partial charge >= 0.3 is 0 Å². The summed E-state index contributed by atoms with van der Waals surface area (Å²) in [4.78, 5) is 0. The highest BCUT2D eigenvalue weighted by Crippen LogP contribution is 2.30. The lowest BCUT2D eigenvalue weighted by molar-refractivity contribution is 0.264. The summed E-state index contributed by atoms with van der Waals surface area (Å²) in [6.07, 6.45) is 0. The van der Waals surface area contributed by atoms with Gasteiger partial charge in [-0.1, -0.05) is 0 Å². The summed E-state index contributed by atoms with van der Waals surface area (Å²) in [5.74, 6) is -0.0945. The fraction of sp³-hybridized carbons (Fsp3) is 0.333. The minimum Gasteiger partial charge on any atom is -0.508 e. The number of hydrogen-bond donors (Lipinski definition) is 4. The Kier molecular flexibility index (Phi) is 2.75. The second-order valence-corrected chi connectivity index (χ2v) is 2.98. The number of phenolic OH excluding ortho intramolecular Hbond substituents is 2. The molecule has 0 unspecified atom stereocenters. The van der Waals surface area contributed by atoms with Crippen molar-refractivity contribution in [1.82, 2.24) is 0 Å². The van der Waals surface area contributed by atoms with Gasteiger partial charge in [0.05, 0.1) is 12.6 Å². The second kappa shape index (κ2) is 3.64. The molecular weight excluding hydrogens is 170 g/mol. The molecule has 1 rings (SSSR count). The van der Waals surface area contributed by atoms with Gasteiger partial charge in [0.25, 0.3) is 0 Å². The maximum absolute atomic E-state index is 9.42. The molecule has 72 valence electrons. The third kappa shape index (κ3) is 1.91. The molecule has 0 spiro atoms. The third-order valence-electron chi connectivity index (χ3n) is 1.92. The van der Waals surface area contributed by atoms with E-state index in [4.69, 9.17) is 15.9 Å². The first-order valence-electron chi connectivity index (χ1n) is 3.95. The van der Waals surface area contributed by atoms with Crippen LogP contribution in [0, 0.1) is 6.92 Å². The van der Waals surface area contributed by atoms with Crippen LogP contribution in [0.5, 0.6) is 11.5 Å². The van der Waals surface area contributed by atoms with Crippen molar-refractivity contribution < 1.29 is 15.3 Å². The van der Waals surface area contributed by atoms with Gasteiger partial charge in [-0.3, -0.25) is 0 Å². The Morgan fingerprint density at radius 3 is 2.46 bits per heavy atom. The van der Waals surface area contributed by atoms with E-state index in [9.17, 15) is 5.11 Å². The normalized spacial score (nSPS) is 12.8. The van der Waals surface area contributed by atoms with Gasteiger partial charge in [0.1, 0.15) is 11.5 Å². The highest BCUT2D eigenvalue weighted by Gasteiger charge is 2.13. The predicted molar refractivity (Wildman–Crippen MR) is 48.5 cm³/mol. The maximum atomic E-state index is 9.42. The number of benzene rings is 1. The van der Waals surface area contributed by atoms with Gasteiger partial charge in [-0.15, -0.1) is 0 Å². The van der Waals surface area contributed by atoms with Gasteiger partial charge in [-0.25, -0.2) is 0 Å². The standard InChI is InChI=1S/C9H13NO3/c1-5-2-6(12)3-8(13)9(5)7(10)4-11/h2-3,7,11-13H,4,10H2,1H3/t7-/m0/s1. The van der Waals surface area contributed by atoms with Gasteiger partial charge in [0, 0.05) is 11.6 Å². The largest absolute Gasteiger partial charge is 0.508 e. The summed E-state index contributed by atoms with van der Waals surface area (Å²) in [5, 5.41) is 27.3. The van der Waals surface area contributed by atoms with E-state index in [0.29, 0.717) is 11.1 Å². The zero-order valence-electron chi connectivity index (χ0n) is 7.36. The number of nitrogens with two attached hydrogens (primary N) is 1. The van der Waals surface area contributed by atoms with Gasteiger partial charge < -0.3 is 21.1 Å². The minimum atomic E-state index is -0.611. The summed E-state index contributed by atoms with van der Waals surface area (Å²) in [6.45, 7) is 1.48. The molecule has 0 aliphatic carbocycles. The number of aliphatic hydroxyl groups excluding tert-OH is 1. The van der Waals surface area contributed by atoms with E-state index in [1.165, 1.54) is 12.1 Å². The molecule has 0 heterocycles. The zero-order chi connectivity index (χ0) is 10.0. The molecule has 0 aromatic heterocycles. The molecule has 4 heteroatoms. The Morgan fingerprint density at radius 2 is 2.00 bits per heavy atom. The van der Waals surface area contributed by atoms with Crippen LogP contribution >= 0.6 is 0 Å². The van der Waals surface area contributed by atoms with Crippen LogP contribution in [-0.4, -0.2) is 21.9 Å². The van der Waals surface area contributed by atoms with Gasteiger partial charge in [-0.05, 0) is 18.6 Å². The van der Waals surface area contributed by atoms with Crippen molar-refractivity contribution in [2.45, 2.75) is 13.0 Å². The molecule has 1 aromatic rings. The average Bonchev–Trinajstić information content (AvgIpc) is 2.02. The highest BCUT2D eigenvalue weighted by molar-refractivity contribution is 5.46. The number of rotatable bonds is 2. The SMILES string of the molecule is Cc1cc(O)cc(O)c1[C@@H](N)CO. The van der Waals surface area contributed by atoms with Crippen LogP contribution in [0.1, 0.15) is 17.2 Å². The van der Waals surface area contributed by atoms with Crippen molar-refractivity contribution in [2.24, 2.45) is 5.73 Å². The monoisotopic (exact) mass is 183 g/mol. The van der Waals surface area contributed by atoms with E-state index < -0.39 is 6.04 Å². The lowest BCUT2D eigenvalue weighted by Gasteiger charge is -2.14. The fourth-order valence-corrected chi connectivity index (χ4v) is 1.33. The second-order valence-electron chi connectivity index (χ2n) is 2.98. The van der Waals surface area contributed by atoms with E-state index in [-0.39, 0.29) is 18.1 Å². The van der Waals surface area contributed by atoms with Crippen molar-refractivity contribution in [2.75, 3.05) is 6.61 Å². The molecule has 4 nitrogen and oxygen atoms in total. The van der Waals surface area contributed by atoms with Gasteiger partial charge in [0.2, 0.25) is 0 Å². The molecule has 13 heavy (non-hydrogen) atoms. The van der Waals surface area contributed by atoms with E-state index in [1.807, 2.05) is 0 Å². The number of hydrogen-bond acceptors (Lipinski definition) is 4. The van der Waals surface area contributed by atoms with Crippen molar-refractivity contribution in [3.8, 4) is 11.5 Å². The van der Waals surface area contributed by atoms with Crippen LogP contribution in [-0.2, 0) is 0 Å². The van der Waals surface area contributed by atoms with Crippen LogP contribution < -0.4 is 5.73 Å². The molecule has 0 bridgehead atoms. The number of phenols is 2. The van der Waals surface area contributed by atoms with E-state index in [0.717, 1.165) is 0 Å². The lowest BCUT2D eigenvalue weighted by Crippen LogP contribution is -2.15. The molecule has 0 saturated carbocycles. The van der Waals surface area contributed by atoms with Gasteiger partial charge in [-0.2, -0.15) is 0 Å². The molecule has 0 aliphatic heterocycles. The summed E-state index contributed by atoms with van der Waals surface area (Å²) in [7, 11) is 0. The first-order valence-corrected chi connectivity index (χ1v) is 3.95. The molecule has 5 N–H and O–H groups in total. The Balaban J connectivity index is 3.20. The van der Waals surface area contributed by atoms with Crippen molar-refractivity contribution in [3.05, 3.63) is 23.3 Å². The zero-order valence-corrected chi connectivity index (χ0v) is 7.36. The Hall–Kier alpha value is -1.26.